The Morgan fingerprint density at radius 2 is 2.00 bits per heavy atom. The Bertz CT molecular complexity index is 436. The van der Waals surface area contributed by atoms with E-state index in [1.807, 2.05) is 27.7 Å². The predicted molar refractivity (Wildman–Crippen MR) is 94.1 cm³/mol. The molecule has 6 heteroatoms. The molecule has 0 spiro atoms. The summed E-state index contributed by atoms with van der Waals surface area (Å²) in [5.41, 5.74) is -0.441. The van der Waals surface area contributed by atoms with Crippen LogP contribution in [0.3, 0.4) is 0 Å². The fourth-order valence-corrected chi connectivity index (χ4v) is 4.84. The van der Waals surface area contributed by atoms with Gasteiger partial charge >= 0.3 is 6.09 Å². The molecule has 1 amide bonds. The maximum Gasteiger partial charge on any atom is 0.410 e. The zero-order chi connectivity index (χ0) is 17.0. The Morgan fingerprint density at radius 3 is 2.65 bits per heavy atom. The first-order valence-electron chi connectivity index (χ1n) is 8.89. The highest BCUT2D eigenvalue weighted by molar-refractivity contribution is 7.85. The monoisotopic (exact) mass is 344 g/mol. The summed E-state index contributed by atoms with van der Waals surface area (Å²) in [5.74, 6) is 0.757. The van der Waals surface area contributed by atoms with Gasteiger partial charge in [-0.15, -0.1) is 0 Å². The lowest BCUT2D eigenvalue weighted by Crippen LogP contribution is -2.45. The normalized spacial score (nSPS) is 30.3. The first kappa shape index (κ1) is 18.7. The molecule has 0 aromatic heterocycles. The van der Waals surface area contributed by atoms with Crippen molar-refractivity contribution in [2.24, 2.45) is 0 Å². The van der Waals surface area contributed by atoms with Crippen molar-refractivity contribution < 1.29 is 13.7 Å². The van der Waals surface area contributed by atoms with E-state index < -0.39 is 16.4 Å². The molecule has 1 aliphatic carbocycles. The molecular weight excluding hydrogens is 312 g/mol. The number of hydrogen-bond donors (Lipinski definition) is 1. The van der Waals surface area contributed by atoms with Gasteiger partial charge in [0.05, 0.1) is 0 Å². The maximum atomic E-state index is 12.1. The minimum Gasteiger partial charge on any atom is -0.444 e. The number of ether oxygens (including phenoxy) is 1. The molecule has 1 aliphatic heterocycles. The number of nitrogens with one attached hydrogen (secondary N) is 1. The van der Waals surface area contributed by atoms with Crippen molar-refractivity contribution in [1.29, 1.82) is 0 Å². The number of amides is 1. The molecule has 0 aromatic rings. The van der Waals surface area contributed by atoms with Gasteiger partial charge in [0, 0.05) is 47.0 Å². The van der Waals surface area contributed by atoms with Gasteiger partial charge < -0.3 is 15.0 Å². The summed E-state index contributed by atoms with van der Waals surface area (Å²) in [6.45, 7) is 9.16. The molecule has 5 nitrogen and oxygen atoms in total. The fourth-order valence-electron chi connectivity index (χ4n) is 3.49. The predicted octanol–water partition coefficient (Wildman–Crippen LogP) is 2.67. The largest absolute Gasteiger partial charge is 0.444 e. The summed E-state index contributed by atoms with van der Waals surface area (Å²) in [4.78, 5) is 13.9. The van der Waals surface area contributed by atoms with Crippen LogP contribution in [-0.4, -0.2) is 57.0 Å². The van der Waals surface area contributed by atoms with Crippen LogP contribution in [-0.2, 0) is 15.5 Å². The molecule has 0 radical (unpaired) electrons. The number of carbonyl (C=O) groups is 1. The average Bonchev–Trinajstić information content (AvgIpc) is 2.93. The smallest absolute Gasteiger partial charge is 0.410 e. The third-order valence-corrected chi connectivity index (χ3v) is 6.33. The Labute approximate surface area is 143 Å². The van der Waals surface area contributed by atoms with Crippen molar-refractivity contribution in [1.82, 2.24) is 10.2 Å². The molecule has 0 unspecified atom stereocenters. The van der Waals surface area contributed by atoms with E-state index in [-0.39, 0.29) is 6.09 Å². The summed E-state index contributed by atoms with van der Waals surface area (Å²) in [7, 11) is -0.688. The van der Waals surface area contributed by atoms with E-state index in [1.54, 1.807) is 4.90 Å². The van der Waals surface area contributed by atoms with E-state index in [1.165, 1.54) is 0 Å². The molecular formula is C17H32N2O3S. The Morgan fingerprint density at radius 1 is 1.26 bits per heavy atom. The van der Waals surface area contributed by atoms with Crippen LogP contribution in [0.4, 0.5) is 4.79 Å². The van der Waals surface area contributed by atoms with E-state index in [0.717, 1.165) is 44.4 Å². The standard InChI is InChI=1S/C17H32N2O3S/c1-5-23(21)15-8-6-7-13(11-15)18-14-9-10-19(12-14)16(20)22-17(2,3)4/h13-15,18H,5-12H2,1-4H3/t13-,14+,15+,23+/m0/s1. The fraction of sp³-hybridized carbons (Fsp3) is 0.941. The van der Waals surface area contributed by atoms with Gasteiger partial charge in [-0.05, 0) is 46.5 Å². The second-order valence-electron chi connectivity index (χ2n) is 7.73. The van der Waals surface area contributed by atoms with Crippen LogP contribution in [0, 0.1) is 0 Å². The quantitative estimate of drug-likeness (QED) is 0.852. The van der Waals surface area contributed by atoms with Crippen LogP contribution in [0.2, 0.25) is 0 Å². The Kier molecular flexibility index (Phi) is 6.48. The molecule has 23 heavy (non-hydrogen) atoms. The second kappa shape index (κ2) is 7.97. The highest BCUT2D eigenvalue weighted by atomic mass is 32.2. The van der Waals surface area contributed by atoms with E-state index in [2.05, 4.69) is 5.32 Å². The maximum absolute atomic E-state index is 12.1. The van der Waals surface area contributed by atoms with E-state index in [9.17, 15) is 9.00 Å². The van der Waals surface area contributed by atoms with E-state index in [0.29, 0.717) is 23.9 Å². The average molecular weight is 345 g/mol. The van der Waals surface area contributed by atoms with Gasteiger partial charge in [0.1, 0.15) is 5.60 Å². The van der Waals surface area contributed by atoms with Crippen LogP contribution in [0.1, 0.15) is 59.8 Å². The third-order valence-electron chi connectivity index (χ3n) is 4.59. The summed E-state index contributed by atoms with van der Waals surface area (Å²) in [6.07, 6.45) is 5.15. The highest BCUT2D eigenvalue weighted by Gasteiger charge is 2.32. The molecule has 1 N–H and O–H groups in total. The third kappa shape index (κ3) is 5.75. The molecule has 2 rings (SSSR count). The Hall–Kier alpha value is -0.620. The lowest BCUT2D eigenvalue weighted by atomic mass is 9.94. The van der Waals surface area contributed by atoms with Crippen LogP contribution >= 0.6 is 0 Å². The van der Waals surface area contributed by atoms with Crippen molar-refractivity contribution in [3.8, 4) is 0 Å². The number of hydrogen-bond acceptors (Lipinski definition) is 4. The van der Waals surface area contributed by atoms with Crippen molar-refractivity contribution in [3.63, 3.8) is 0 Å². The summed E-state index contributed by atoms with van der Waals surface area (Å²) >= 11 is 0. The summed E-state index contributed by atoms with van der Waals surface area (Å²) < 4.78 is 17.5. The molecule has 1 saturated carbocycles. The molecule has 4 atom stereocenters. The number of likely N-dealkylation sites (tertiary alicyclic amines) is 1. The molecule has 2 aliphatic rings. The van der Waals surface area contributed by atoms with Crippen molar-refractivity contribution in [2.45, 2.75) is 82.7 Å². The van der Waals surface area contributed by atoms with Gasteiger partial charge in [0.25, 0.3) is 0 Å². The highest BCUT2D eigenvalue weighted by Crippen LogP contribution is 2.24. The molecule has 1 saturated heterocycles. The molecule has 0 aromatic carbocycles. The van der Waals surface area contributed by atoms with Gasteiger partial charge in [0.15, 0.2) is 0 Å². The van der Waals surface area contributed by atoms with Crippen molar-refractivity contribution in [3.05, 3.63) is 0 Å². The van der Waals surface area contributed by atoms with Crippen LogP contribution in [0.15, 0.2) is 0 Å². The first-order valence-corrected chi connectivity index (χ1v) is 10.3. The molecule has 1 heterocycles. The minimum absolute atomic E-state index is 0.213. The number of carbonyl (C=O) groups excluding carboxylic acids is 1. The van der Waals surface area contributed by atoms with Gasteiger partial charge in [-0.3, -0.25) is 4.21 Å². The zero-order valence-corrected chi connectivity index (χ0v) is 15.8. The van der Waals surface area contributed by atoms with Gasteiger partial charge in [-0.25, -0.2) is 4.79 Å². The van der Waals surface area contributed by atoms with Gasteiger partial charge in [-0.1, -0.05) is 13.3 Å². The van der Waals surface area contributed by atoms with Crippen molar-refractivity contribution >= 4 is 16.9 Å². The minimum atomic E-state index is -0.688. The number of rotatable bonds is 4. The number of nitrogens with zero attached hydrogens (tertiary/aromatic N) is 1. The van der Waals surface area contributed by atoms with Gasteiger partial charge in [0.2, 0.25) is 0 Å². The van der Waals surface area contributed by atoms with Crippen molar-refractivity contribution in [2.75, 3.05) is 18.8 Å². The second-order valence-corrected chi connectivity index (χ2v) is 9.74. The lowest BCUT2D eigenvalue weighted by Gasteiger charge is -2.31. The Balaban J connectivity index is 1.79. The molecule has 2 fully saturated rings. The first-order chi connectivity index (χ1) is 10.8. The summed E-state index contributed by atoms with van der Waals surface area (Å²) in [5, 5.41) is 4.03. The van der Waals surface area contributed by atoms with E-state index in [4.69, 9.17) is 4.74 Å². The SMILES string of the molecule is CC[S@@](=O)[C@@H]1CCC[C@H](N[C@@H]2CCN(C(=O)OC(C)(C)C)C2)C1. The molecule has 134 valence electrons. The lowest BCUT2D eigenvalue weighted by molar-refractivity contribution is 0.0290. The van der Waals surface area contributed by atoms with E-state index >= 15 is 0 Å². The molecule has 0 bridgehead atoms. The van der Waals surface area contributed by atoms with Crippen LogP contribution in [0.5, 0.6) is 0 Å². The summed E-state index contributed by atoms with van der Waals surface area (Å²) in [6, 6.07) is 0.772. The van der Waals surface area contributed by atoms with Crippen LogP contribution < -0.4 is 5.32 Å². The zero-order valence-electron chi connectivity index (χ0n) is 15.0. The van der Waals surface area contributed by atoms with Gasteiger partial charge in [-0.2, -0.15) is 0 Å². The topological polar surface area (TPSA) is 58.6 Å². The van der Waals surface area contributed by atoms with Crippen LogP contribution in [0.25, 0.3) is 0 Å².